The zero-order chi connectivity index (χ0) is 30.8. The van der Waals surface area contributed by atoms with Crippen LogP contribution in [-0.4, -0.2) is 51.4 Å². The quantitative estimate of drug-likeness (QED) is 0.149. The fourth-order valence-corrected chi connectivity index (χ4v) is 4.74. The molecule has 224 valence electrons. The van der Waals surface area contributed by atoms with Crippen molar-refractivity contribution in [3.8, 4) is 5.75 Å². The minimum absolute atomic E-state index is 0.0695. The van der Waals surface area contributed by atoms with E-state index in [0.29, 0.717) is 31.9 Å². The van der Waals surface area contributed by atoms with Crippen molar-refractivity contribution in [3.05, 3.63) is 124 Å². The highest BCUT2D eigenvalue weighted by atomic mass is 16.6. The number of hydrogen-bond donors (Lipinski definition) is 1. The van der Waals surface area contributed by atoms with E-state index in [9.17, 15) is 19.7 Å². The summed E-state index contributed by atoms with van der Waals surface area (Å²) < 4.78 is 7.48. The molecule has 0 radical (unpaired) electrons. The number of hydrogen-bond acceptors (Lipinski definition) is 5. The van der Waals surface area contributed by atoms with Gasteiger partial charge in [-0.3, -0.25) is 14.9 Å². The molecule has 0 bridgehead atoms. The Morgan fingerprint density at radius 1 is 0.907 bits per heavy atom. The molecule has 1 heterocycles. The fraction of sp³-hybridized carbons (Fsp3) is 0.273. The maximum atomic E-state index is 13.9. The topological polar surface area (TPSA) is 110 Å². The van der Waals surface area contributed by atoms with Gasteiger partial charge in [-0.15, -0.1) is 0 Å². The summed E-state index contributed by atoms with van der Waals surface area (Å²) in [5, 5.41) is 13.8. The number of anilines is 1. The van der Waals surface area contributed by atoms with Gasteiger partial charge in [0, 0.05) is 49.3 Å². The molecule has 1 aromatic heterocycles. The van der Waals surface area contributed by atoms with Crippen molar-refractivity contribution in [1.82, 2.24) is 14.4 Å². The monoisotopic (exact) mass is 583 g/mol. The predicted molar refractivity (Wildman–Crippen MR) is 166 cm³/mol. The number of rotatable bonds is 13. The molecule has 1 N–H and O–H groups in total. The first-order chi connectivity index (χ1) is 20.7. The molecule has 0 unspecified atom stereocenters. The van der Waals surface area contributed by atoms with Crippen LogP contribution in [-0.2, 0) is 24.4 Å². The Morgan fingerprint density at radius 3 is 2.30 bits per heavy atom. The number of nitrogens with one attached hydrogen (secondary N) is 1. The second-order valence-electron chi connectivity index (χ2n) is 10.7. The van der Waals surface area contributed by atoms with Crippen molar-refractivity contribution in [1.29, 1.82) is 0 Å². The van der Waals surface area contributed by atoms with Gasteiger partial charge < -0.3 is 24.4 Å². The van der Waals surface area contributed by atoms with Crippen LogP contribution in [0.5, 0.6) is 5.75 Å². The maximum absolute atomic E-state index is 13.9. The summed E-state index contributed by atoms with van der Waals surface area (Å²) >= 11 is 0. The molecule has 10 nitrogen and oxygen atoms in total. The molecular weight excluding hydrogens is 546 g/mol. The van der Waals surface area contributed by atoms with Crippen LogP contribution in [0, 0.1) is 16.0 Å². The molecule has 0 spiro atoms. The average Bonchev–Trinajstić information content (AvgIpc) is 3.43. The molecule has 0 aliphatic heterocycles. The van der Waals surface area contributed by atoms with Gasteiger partial charge in [0.2, 0.25) is 5.91 Å². The van der Waals surface area contributed by atoms with Gasteiger partial charge in [0.25, 0.3) is 5.69 Å². The lowest BCUT2D eigenvalue weighted by molar-refractivity contribution is -0.384. The first kappa shape index (κ1) is 30.8. The molecule has 4 rings (SSSR count). The number of non-ortho nitro benzene ring substituents is 1. The standard InChI is InChI=1S/C33H37N5O5/c1-25(2)20-37(33(40)34-28-14-16-29(17-15-28)38(41)42)24-32(39)36(21-26-9-5-4-6-10-26)23-30-12-8-18-35(30)22-27-11-7-13-31(19-27)43-3/h4-19,25H,20-24H2,1-3H3,(H,34,40). The smallest absolute Gasteiger partial charge is 0.322 e. The van der Waals surface area contributed by atoms with Gasteiger partial charge in [-0.2, -0.15) is 0 Å². The van der Waals surface area contributed by atoms with E-state index in [1.165, 1.54) is 29.2 Å². The van der Waals surface area contributed by atoms with Gasteiger partial charge in [0.05, 0.1) is 18.6 Å². The lowest BCUT2D eigenvalue weighted by atomic mass is 10.2. The van der Waals surface area contributed by atoms with E-state index in [4.69, 9.17) is 4.74 Å². The van der Waals surface area contributed by atoms with Gasteiger partial charge in [-0.1, -0.05) is 56.3 Å². The third kappa shape index (κ3) is 8.93. The number of nitro groups is 1. The third-order valence-corrected chi connectivity index (χ3v) is 6.86. The van der Waals surface area contributed by atoms with Gasteiger partial charge in [0.1, 0.15) is 12.3 Å². The van der Waals surface area contributed by atoms with Crippen LogP contribution < -0.4 is 10.1 Å². The number of carbonyl (C=O) groups is 2. The molecule has 43 heavy (non-hydrogen) atoms. The van der Waals surface area contributed by atoms with Crippen molar-refractivity contribution < 1.29 is 19.2 Å². The second kappa shape index (κ2) is 14.7. The van der Waals surface area contributed by atoms with Gasteiger partial charge in [-0.05, 0) is 53.4 Å². The van der Waals surface area contributed by atoms with Crippen LogP contribution in [0.4, 0.5) is 16.2 Å². The Labute approximate surface area is 251 Å². The molecule has 3 amide bonds. The van der Waals surface area contributed by atoms with E-state index in [-0.39, 0.29) is 24.1 Å². The summed E-state index contributed by atoms with van der Waals surface area (Å²) in [5.74, 6) is 0.694. The Hall–Kier alpha value is -5.12. The molecule has 0 atom stereocenters. The highest BCUT2D eigenvalue weighted by Gasteiger charge is 2.24. The van der Waals surface area contributed by atoms with E-state index in [0.717, 1.165) is 22.6 Å². The lowest BCUT2D eigenvalue weighted by Gasteiger charge is -2.29. The predicted octanol–water partition coefficient (Wildman–Crippen LogP) is 6.17. The molecule has 0 aliphatic carbocycles. The summed E-state index contributed by atoms with van der Waals surface area (Å²) in [4.78, 5) is 41.0. The van der Waals surface area contributed by atoms with Crippen molar-refractivity contribution in [2.75, 3.05) is 25.5 Å². The number of nitro benzene ring substituents is 1. The van der Waals surface area contributed by atoms with E-state index in [2.05, 4.69) is 9.88 Å². The Morgan fingerprint density at radius 2 is 1.63 bits per heavy atom. The summed E-state index contributed by atoms with van der Waals surface area (Å²) in [6.07, 6.45) is 1.99. The van der Waals surface area contributed by atoms with Gasteiger partial charge in [0.15, 0.2) is 0 Å². The van der Waals surface area contributed by atoms with E-state index >= 15 is 0 Å². The first-order valence-corrected chi connectivity index (χ1v) is 14.1. The summed E-state index contributed by atoms with van der Waals surface area (Å²) in [6.45, 7) is 5.53. The number of nitrogens with zero attached hydrogens (tertiary/aromatic N) is 4. The minimum Gasteiger partial charge on any atom is -0.497 e. The van der Waals surface area contributed by atoms with Crippen LogP contribution in [0.25, 0.3) is 0 Å². The molecule has 3 aromatic carbocycles. The first-order valence-electron chi connectivity index (χ1n) is 14.1. The van der Waals surface area contributed by atoms with Gasteiger partial charge in [-0.25, -0.2) is 4.79 Å². The Kier molecular flexibility index (Phi) is 10.5. The minimum atomic E-state index is -0.496. The SMILES string of the molecule is COc1cccc(Cn2cccc2CN(Cc2ccccc2)C(=O)CN(CC(C)C)C(=O)Nc2ccc([N+](=O)[O-])cc2)c1. The van der Waals surface area contributed by atoms with E-state index in [1.54, 1.807) is 12.0 Å². The maximum Gasteiger partial charge on any atom is 0.322 e. The zero-order valence-corrected chi connectivity index (χ0v) is 24.7. The molecule has 4 aromatic rings. The molecular formula is C33H37N5O5. The van der Waals surface area contributed by atoms with Crippen LogP contribution in [0.15, 0.2) is 97.2 Å². The van der Waals surface area contributed by atoms with Crippen LogP contribution in [0.3, 0.4) is 0 Å². The average molecular weight is 584 g/mol. The number of urea groups is 1. The molecule has 0 fully saturated rings. The number of benzene rings is 3. The number of methoxy groups -OCH3 is 1. The van der Waals surface area contributed by atoms with Crippen LogP contribution in [0.1, 0.15) is 30.7 Å². The molecule has 0 aliphatic rings. The number of carbonyl (C=O) groups excluding carboxylic acids is 2. The zero-order valence-electron chi connectivity index (χ0n) is 24.7. The van der Waals surface area contributed by atoms with Crippen LogP contribution in [0.2, 0.25) is 0 Å². The van der Waals surface area contributed by atoms with E-state index in [1.807, 2.05) is 86.8 Å². The fourth-order valence-electron chi connectivity index (χ4n) is 4.74. The largest absolute Gasteiger partial charge is 0.497 e. The van der Waals surface area contributed by atoms with Crippen molar-refractivity contribution in [2.45, 2.75) is 33.5 Å². The lowest BCUT2D eigenvalue weighted by Crippen LogP contribution is -2.45. The second-order valence-corrected chi connectivity index (χ2v) is 10.7. The number of aromatic nitrogens is 1. The Bertz CT molecular complexity index is 1520. The summed E-state index contributed by atoms with van der Waals surface area (Å²) in [5.41, 5.74) is 3.35. The summed E-state index contributed by atoms with van der Waals surface area (Å²) in [6, 6.07) is 26.8. The molecule has 0 saturated heterocycles. The van der Waals surface area contributed by atoms with Crippen molar-refractivity contribution in [3.63, 3.8) is 0 Å². The normalized spacial score (nSPS) is 10.8. The number of ether oxygens (including phenoxy) is 1. The Balaban J connectivity index is 1.53. The molecule has 10 heteroatoms. The highest BCUT2D eigenvalue weighted by molar-refractivity contribution is 5.92. The highest BCUT2D eigenvalue weighted by Crippen LogP contribution is 2.19. The van der Waals surface area contributed by atoms with Crippen molar-refractivity contribution >= 4 is 23.3 Å². The number of amides is 3. The summed E-state index contributed by atoms with van der Waals surface area (Å²) in [7, 11) is 1.64. The molecule has 0 saturated carbocycles. The van der Waals surface area contributed by atoms with Crippen molar-refractivity contribution in [2.24, 2.45) is 5.92 Å². The van der Waals surface area contributed by atoms with E-state index < -0.39 is 11.0 Å². The van der Waals surface area contributed by atoms with Gasteiger partial charge >= 0.3 is 6.03 Å². The van der Waals surface area contributed by atoms with Crippen LogP contribution >= 0.6 is 0 Å². The third-order valence-electron chi connectivity index (χ3n) is 6.86.